The van der Waals surface area contributed by atoms with E-state index in [-0.39, 0.29) is 22.9 Å². The van der Waals surface area contributed by atoms with Crippen molar-refractivity contribution in [3.63, 3.8) is 0 Å². The quantitative estimate of drug-likeness (QED) is 0.667. The Morgan fingerprint density at radius 2 is 2.00 bits per heavy atom. The van der Waals surface area contributed by atoms with Crippen LogP contribution in [0.4, 0.5) is 5.69 Å². The Hall–Kier alpha value is -2.64. The van der Waals surface area contributed by atoms with Gasteiger partial charge in [-0.25, -0.2) is 0 Å². The fourth-order valence-electron chi connectivity index (χ4n) is 2.48. The number of aliphatic carboxylic acids is 1. The number of benzene rings is 1. The summed E-state index contributed by atoms with van der Waals surface area (Å²) in [7, 11) is 1.32. The molecule has 8 heteroatoms. The van der Waals surface area contributed by atoms with Crippen LogP contribution in [0.3, 0.4) is 0 Å². The number of carbonyl (C=O) groups is 2. The Kier molecular flexibility index (Phi) is 4.59. The van der Waals surface area contributed by atoms with Crippen LogP contribution in [0.25, 0.3) is 0 Å². The van der Waals surface area contributed by atoms with Gasteiger partial charge in [0.25, 0.3) is 5.91 Å². The highest BCUT2D eigenvalue weighted by molar-refractivity contribution is 5.95. The van der Waals surface area contributed by atoms with Crippen LogP contribution in [0.5, 0.6) is 5.75 Å². The van der Waals surface area contributed by atoms with Crippen LogP contribution in [0, 0.1) is 16.0 Å². The van der Waals surface area contributed by atoms with Crippen molar-refractivity contribution in [3.05, 3.63) is 33.9 Å². The fourth-order valence-corrected chi connectivity index (χ4v) is 2.48. The third-order valence-corrected chi connectivity index (χ3v) is 3.75. The monoisotopic (exact) mass is 308 g/mol. The fraction of sp³-hybridized carbons (Fsp3) is 0.429. The molecule has 0 atom stereocenters. The Labute approximate surface area is 126 Å². The van der Waals surface area contributed by atoms with Crippen LogP contribution in [0.15, 0.2) is 18.2 Å². The van der Waals surface area contributed by atoms with E-state index >= 15 is 0 Å². The lowest BCUT2D eigenvalue weighted by Crippen LogP contribution is -2.40. The molecule has 1 aliphatic rings. The van der Waals surface area contributed by atoms with Gasteiger partial charge in [-0.3, -0.25) is 19.7 Å². The minimum absolute atomic E-state index is 0.0890. The van der Waals surface area contributed by atoms with Gasteiger partial charge in [-0.2, -0.15) is 0 Å². The zero-order valence-electron chi connectivity index (χ0n) is 12.0. The number of nitrogens with zero attached hydrogens (tertiary/aromatic N) is 2. The first kappa shape index (κ1) is 15.7. The molecule has 1 N–H and O–H groups in total. The van der Waals surface area contributed by atoms with Gasteiger partial charge in [-0.15, -0.1) is 0 Å². The number of methoxy groups -OCH3 is 1. The highest BCUT2D eigenvalue weighted by Crippen LogP contribution is 2.28. The van der Waals surface area contributed by atoms with Crippen molar-refractivity contribution < 1.29 is 24.4 Å². The topological polar surface area (TPSA) is 110 Å². The van der Waals surface area contributed by atoms with Crippen molar-refractivity contribution in [2.24, 2.45) is 5.92 Å². The van der Waals surface area contributed by atoms with Crippen molar-refractivity contribution >= 4 is 17.6 Å². The number of carboxylic acids is 1. The van der Waals surface area contributed by atoms with Crippen molar-refractivity contribution in [1.82, 2.24) is 4.90 Å². The molecule has 1 aliphatic heterocycles. The lowest BCUT2D eigenvalue weighted by molar-refractivity contribution is -0.385. The summed E-state index contributed by atoms with van der Waals surface area (Å²) in [5.41, 5.74) is -0.0740. The van der Waals surface area contributed by atoms with Crippen molar-refractivity contribution in [1.29, 1.82) is 0 Å². The Morgan fingerprint density at radius 3 is 2.50 bits per heavy atom. The minimum Gasteiger partial charge on any atom is -0.490 e. The second-order valence-corrected chi connectivity index (χ2v) is 5.05. The molecule has 0 bridgehead atoms. The third kappa shape index (κ3) is 3.16. The lowest BCUT2D eigenvalue weighted by atomic mass is 9.96. The van der Waals surface area contributed by atoms with E-state index in [0.717, 1.165) is 0 Å². The highest BCUT2D eigenvalue weighted by atomic mass is 16.6. The number of ether oxygens (including phenoxy) is 1. The van der Waals surface area contributed by atoms with Crippen LogP contribution in [-0.2, 0) is 4.79 Å². The van der Waals surface area contributed by atoms with E-state index in [9.17, 15) is 19.7 Å². The largest absolute Gasteiger partial charge is 0.490 e. The average Bonchev–Trinajstić information content (AvgIpc) is 2.53. The molecule has 1 aromatic carbocycles. The van der Waals surface area contributed by atoms with Gasteiger partial charge < -0.3 is 14.7 Å². The van der Waals surface area contributed by atoms with E-state index in [1.165, 1.54) is 30.2 Å². The van der Waals surface area contributed by atoms with Crippen molar-refractivity contribution in [2.45, 2.75) is 12.8 Å². The van der Waals surface area contributed by atoms with Gasteiger partial charge in [-0.05, 0) is 25.0 Å². The van der Waals surface area contributed by atoms with E-state index in [1.807, 2.05) is 0 Å². The summed E-state index contributed by atoms with van der Waals surface area (Å²) in [5, 5.41) is 19.9. The highest BCUT2D eigenvalue weighted by Gasteiger charge is 2.28. The normalized spacial score (nSPS) is 15.4. The molecule has 0 radical (unpaired) electrons. The summed E-state index contributed by atoms with van der Waals surface area (Å²) in [5.74, 6) is -1.54. The molecule has 0 unspecified atom stereocenters. The predicted octanol–water partition coefficient (Wildman–Crippen LogP) is 1.54. The molecule has 0 spiro atoms. The van der Waals surface area contributed by atoms with Crippen LogP contribution < -0.4 is 4.74 Å². The lowest BCUT2D eigenvalue weighted by Gasteiger charge is -2.30. The van der Waals surface area contributed by atoms with Crippen LogP contribution >= 0.6 is 0 Å². The van der Waals surface area contributed by atoms with Gasteiger partial charge in [0.2, 0.25) is 0 Å². The first-order valence-electron chi connectivity index (χ1n) is 6.78. The van der Waals surface area contributed by atoms with E-state index in [1.54, 1.807) is 0 Å². The number of nitro benzene ring substituents is 1. The van der Waals surface area contributed by atoms with E-state index in [4.69, 9.17) is 9.84 Å². The van der Waals surface area contributed by atoms with Gasteiger partial charge in [0.05, 0.1) is 18.0 Å². The summed E-state index contributed by atoms with van der Waals surface area (Å²) in [6.45, 7) is 0.658. The van der Waals surface area contributed by atoms with Gasteiger partial charge in [-0.1, -0.05) is 0 Å². The first-order chi connectivity index (χ1) is 10.4. The van der Waals surface area contributed by atoms with Gasteiger partial charge >= 0.3 is 11.7 Å². The maximum Gasteiger partial charge on any atom is 0.311 e. The van der Waals surface area contributed by atoms with Crippen LogP contribution in [0.2, 0.25) is 0 Å². The zero-order chi connectivity index (χ0) is 16.3. The van der Waals surface area contributed by atoms with Gasteiger partial charge in [0.1, 0.15) is 0 Å². The number of rotatable bonds is 4. The maximum absolute atomic E-state index is 12.4. The number of piperidine rings is 1. The average molecular weight is 308 g/mol. The second kappa shape index (κ2) is 6.42. The molecule has 1 saturated heterocycles. The zero-order valence-corrected chi connectivity index (χ0v) is 12.0. The van der Waals surface area contributed by atoms with Gasteiger partial charge in [0.15, 0.2) is 5.75 Å². The van der Waals surface area contributed by atoms with E-state index < -0.39 is 16.8 Å². The number of hydrogen-bond donors (Lipinski definition) is 1. The number of amides is 1. The minimum atomic E-state index is -0.854. The third-order valence-electron chi connectivity index (χ3n) is 3.75. The molecule has 22 heavy (non-hydrogen) atoms. The SMILES string of the molecule is COc1ccc(C(=O)N2CCC(C(=O)O)CC2)cc1[N+](=O)[O-]. The Balaban J connectivity index is 2.15. The number of hydrogen-bond acceptors (Lipinski definition) is 5. The number of nitro groups is 1. The van der Waals surface area contributed by atoms with E-state index in [0.29, 0.717) is 25.9 Å². The van der Waals surface area contributed by atoms with Crippen molar-refractivity contribution in [2.75, 3.05) is 20.2 Å². The van der Waals surface area contributed by atoms with Crippen LogP contribution in [-0.4, -0.2) is 47.0 Å². The maximum atomic E-state index is 12.4. The van der Waals surface area contributed by atoms with E-state index in [2.05, 4.69) is 0 Å². The Bertz CT molecular complexity index is 607. The predicted molar refractivity (Wildman–Crippen MR) is 75.9 cm³/mol. The van der Waals surface area contributed by atoms with Crippen LogP contribution in [0.1, 0.15) is 23.2 Å². The van der Waals surface area contributed by atoms with Crippen molar-refractivity contribution in [3.8, 4) is 5.75 Å². The molecule has 2 rings (SSSR count). The Morgan fingerprint density at radius 1 is 1.36 bits per heavy atom. The number of carbonyl (C=O) groups excluding carboxylic acids is 1. The smallest absolute Gasteiger partial charge is 0.311 e. The molecule has 118 valence electrons. The molecule has 8 nitrogen and oxygen atoms in total. The summed E-state index contributed by atoms with van der Waals surface area (Å²) in [6.07, 6.45) is 0.776. The number of carboxylic acid groups (broad SMARTS) is 1. The second-order valence-electron chi connectivity index (χ2n) is 5.05. The molecule has 0 saturated carbocycles. The molecule has 1 heterocycles. The first-order valence-corrected chi connectivity index (χ1v) is 6.78. The standard InChI is InChI=1S/C14H16N2O6/c1-22-12-3-2-10(8-11(12)16(20)21)13(17)15-6-4-9(5-7-15)14(18)19/h2-3,8-9H,4-7H2,1H3,(H,18,19). The molecule has 0 aromatic heterocycles. The molecule has 1 amide bonds. The summed E-state index contributed by atoms with van der Waals surface area (Å²) in [6, 6.07) is 4.04. The molecule has 0 aliphatic carbocycles. The molecule has 1 aromatic rings. The van der Waals surface area contributed by atoms with Gasteiger partial charge in [0, 0.05) is 24.7 Å². The molecular formula is C14H16N2O6. The summed E-state index contributed by atoms with van der Waals surface area (Å²) < 4.78 is 4.90. The summed E-state index contributed by atoms with van der Waals surface area (Å²) in [4.78, 5) is 35.2. The summed E-state index contributed by atoms with van der Waals surface area (Å²) >= 11 is 0. The molecular weight excluding hydrogens is 292 g/mol. The molecule has 1 fully saturated rings. The number of likely N-dealkylation sites (tertiary alicyclic amines) is 1.